The fourth-order valence-electron chi connectivity index (χ4n) is 2.64. The van der Waals surface area contributed by atoms with Gasteiger partial charge in [0.15, 0.2) is 6.04 Å². The van der Waals surface area contributed by atoms with E-state index in [0.717, 1.165) is 5.56 Å². The van der Waals surface area contributed by atoms with Gasteiger partial charge in [-0.05, 0) is 47.9 Å². The standard InChI is InChI=1S/C20H23NO6/c1-25-15-7-4-13(5-8-15)19(20(23)24)21-18(22)11-6-14-12-16(26-2)9-10-17(14)27-3/h4-5,7-10,12,19H,6,11H2,1-3H3,(H,21,22)(H,23,24). The number of rotatable bonds is 9. The smallest absolute Gasteiger partial charge is 0.330 e. The van der Waals surface area contributed by atoms with Gasteiger partial charge in [-0.25, -0.2) is 4.79 Å². The molecule has 1 amide bonds. The highest BCUT2D eigenvalue weighted by Crippen LogP contribution is 2.25. The number of carboxylic acids is 1. The molecule has 144 valence electrons. The van der Waals surface area contributed by atoms with E-state index in [4.69, 9.17) is 14.2 Å². The van der Waals surface area contributed by atoms with E-state index in [0.29, 0.717) is 29.2 Å². The van der Waals surface area contributed by atoms with Crippen LogP contribution in [0.15, 0.2) is 42.5 Å². The van der Waals surface area contributed by atoms with Crippen molar-refractivity contribution in [1.29, 1.82) is 0 Å². The van der Waals surface area contributed by atoms with Gasteiger partial charge in [0.25, 0.3) is 0 Å². The molecule has 1 atom stereocenters. The van der Waals surface area contributed by atoms with Gasteiger partial charge in [-0.2, -0.15) is 0 Å². The molecule has 0 saturated carbocycles. The minimum Gasteiger partial charge on any atom is -0.497 e. The van der Waals surface area contributed by atoms with Gasteiger partial charge in [-0.15, -0.1) is 0 Å². The van der Waals surface area contributed by atoms with E-state index in [9.17, 15) is 14.7 Å². The number of nitrogens with one attached hydrogen (secondary N) is 1. The predicted octanol–water partition coefficient (Wildman–Crippen LogP) is 2.59. The first-order valence-electron chi connectivity index (χ1n) is 8.35. The highest BCUT2D eigenvalue weighted by molar-refractivity contribution is 5.84. The fourth-order valence-corrected chi connectivity index (χ4v) is 2.64. The van der Waals surface area contributed by atoms with E-state index in [2.05, 4.69) is 5.32 Å². The molecule has 0 aliphatic heterocycles. The van der Waals surface area contributed by atoms with Gasteiger partial charge >= 0.3 is 5.97 Å². The average molecular weight is 373 g/mol. The molecule has 0 heterocycles. The summed E-state index contributed by atoms with van der Waals surface area (Å²) in [5, 5.41) is 12.0. The molecule has 2 aromatic carbocycles. The number of hydrogen-bond donors (Lipinski definition) is 2. The lowest BCUT2D eigenvalue weighted by molar-refractivity contribution is -0.142. The summed E-state index contributed by atoms with van der Waals surface area (Å²) in [5.74, 6) is 0.413. The Balaban J connectivity index is 2.05. The second-order valence-electron chi connectivity index (χ2n) is 5.79. The van der Waals surface area contributed by atoms with Crippen LogP contribution < -0.4 is 19.5 Å². The van der Waals surface area contributed by atoms with Crippen LogP contribution in [-0.2, 0) is 16.0 Å². The van der Waals surface area contributed by atoms with Crippen LogP contribution in [0.2, 0.25) is 0 Å². The molecule has 0 spiro atoms. The molecule has 0 bridgehead atoms. The Labute approximate surface area is 157 Å². The zero-order valence-corrected chi connectivity index (χ0v) is 15.5. The molecule has 2 rings (SSSR count). The minimum atomic E-state index is -1.13. The van der Waals surface area contributed by atoms with Crippen molar-refractivity contribution in [2.45, 2.75) is 18.9 Å². The van der Waals surface area contributed by atoms with Crippen molar-refractivity contribution in [3.05, 3.63) is 53.6 Å². The predicted molar refractivity (Wildman–Crippen MR) is 99.4 cm³/mol. The highest BCUT2D eigenvalue weighted by Gasteiger charge is 2.22. The molecule has 0 fully saturated rings. The fraction of sp³-hybridized carbons (Fsp3) is 0.300. The van der Waals surface area contributed by atoms with Crippen molar-refractivity contribution >= 4 is 11.9 Å². The first kappa shape index (κ1) is 20.1. The van der Waals surface area contributed by atoms with Crippen LogP contribution >= 0.6 is 0 Å². The SMILES string of the molecule is COc1ccc(C(NC(=O)CCc2cc(OC)ccc2OC)C(=O)O)cc1. The highest BCUT2D eigenvalue weighted by atomic mass is 16.5. The Morgan fingerprint density at radius 1 is 0.963 bits per heavy atom. The largest absolute Gasteiger partial charge is 0.497 e. The third-order valence-electron chi connectivity index (χ3n) is 4.11. The third-order valence-corrected chi connectivity index (χ3v) is 4.11. The Kier molecular flexibility index (Phi) is 7.05. The van der Waals surface area contributed by atoms with Gasteiger partial charge in [0, 0.05) is 6.42 Å². The lowest BCUT2D eigenvalue weighted by Gasteiger charge is -2.16. The molecule has 0 saturated heterocycles. The Bertz CT molecular complexity index is 788. The number of aliphatic carboxylic acids is 1. The number of carbonyl (C=O) groups excluding carboxylic acids is 1. The van der Waals surface area contributed by atoms with Gasteiger partial charge < -0.3 is 24.6 Å². The van der Waals surface area contributed by atoms with Crippen LogP contribution in [0.3, 0.4) is 0 Å². The molecule has 0 aliphatic rings. The number of hydrogen-bond acceptors (Lipinski definition) is 5. The number of ether oxygens (including phenoxy) is 3. The first-order chi connectivity index (χ1) is 13.0. The average Bonchev–Trinajstić information content (AvgIpc) is 2.70. The topological polar surface area (TPSA) is 94.1 Å². The van der Waals surface area contributed by atoms with Crippen molar-refractivity contribution in [1.82, 2.24) is 5.32 Å². The third kappa shape index (κ3) is 5.37. The van der Waals surface area contributed by atoms with Crippen LogP contribution in [0.5, 0.6) is 17.2 Å². The van der Waals surface area contributed by atoms with Crippen LogP contribution in [0.1, 0.15) is 23.6 Å². The number of carboxylic acid groups (broad SMARTS) is 1. The van der Waals surface area contributed by atoms with E-state index in [1.807, 2.05) is 0 Å². The number of methoxy groups -OCH3 is 3. The maximum atomic E-state index is 12.3. The van der Waals surface area contributed by atoms with Gasteiger partial charge in [0.05, 0.1) is 21.3 Å². The van der Waals surface area contributed by atoms with Crippen molar-refractivity contribution in [3.63, 3.8) is 0 Å². The lowest BCUT2D eigenvalue weighted by atomic mass is 10.1. The summed E-state index contributed by atoms with van der Waals surface area (Å²) in [6.07, 6.45) is 0.505. The van der Waals surface area contributed by atoms with Crippen molar-refractivity contribution in [2.24, 2.45) is 0 Å². The summed E-state index contributed by atoms with van der Waals surface area (Å²) in [5.41, 5.74) is 1.28. The molecule has 2 N–H and O–H groups in total. The summed E-state index contributed by atoms with van der Waals surface area (Å²) in [7, 11) is 4.64. The Morgan fingerprint density at radius 3 is 2.15 bits per heavy atom. The maximum Gasteiger partial charge on any atom is 0.330 e. The quantitative estimate of drug-likeness (QED) is 0.702. The Morgan fingerprint density at radius 2 is 1.59 bits per heavy atom. The molecule has 1 unspecified atom stereocenters. The van der Waals surface area contributed by atoms with Gasteiger partial charge in [-0.3, -0.25) is 4.79 Å². The first-order valence-corrected chi connectivity index (χ1v) is 8.35. The van der Waals surface area contributed by atoms with Gasteiger partial charge in [0.1, 0.15) is 17.2 Å². The molecule has 0 aliphatic carbocycles. The minimum absolute atomic E-state index is 0.115. The van der Waals surface area contributed by atoms with Crippen LogP contribution in [0, 0.1) is 0 Å². The zero-order valence-electron chi connectivity index (χ0n) is 15.5. The molecule has 27 heavy (non-hydrogen) atoms. The monoisotopic (exact) mass is 373 g/mol. The van der Waals surface area contributed by atoms with E-state index in [-0.39, 0.29) is 12.3 Å². The molecular formula is C20H23NO6. The number of benzene rings is 2. The second kappa shape index (κ2) is 9.47. The second-order valence-corrected chi connectivity index (χ2v) is 5.79. The van der Waals surface area contributed by atoms with E-state index < -0.39 is 12.0 Å². The van der Waals surface area contributed by atoms with Crippen molar-refractivity contribution in [2.75, 3.05) is 21.3 Å². The summed E-state index contributed by atoms with van der Waals surface area (Å²) in [4.78, 5) is 23.9. The molecule has 0 aromatic heterocycles. The summed E-state index contributed by atoms with van der Waals surface area (Å²) in [6, 6.07) is 10.7. The van der Waals surface area contributed by atoms with E-state index >= 15 is 0 Å². The van der Waals surface area contributed by atoms with Crippen LogP contribution in [0.4, 0.5) is 0 Å². The van der Waals surface area contributed by atoms with Crippen LogP contribution in [-0.4, -0.2) is 38.3 Å². The molecule has 2 aromatic rings. The summed E-state index contributed by atoms with van der Waals surface area (Å²) >= 11 is 0. The van der Waals surface area contributed by atoms with Gasteiger partial charge in [0.2, 0.25) is 5.91 Å². The number of amides is 1. The van der Waals surface area contributed by atoms with Crippen LogP contribution in [0.25, 0.3) is 0 Å². The molecule has 7 nitrogen and oxygen atoms in total. The normalized spacial score (nSPS) is 11.4. The number of carbonyl (C=O) groups is 2. The maximum absolute atomic E-state index is 12.3. The summed E-state index contributed by atoms with van der Waals surface area (Å²) < 4.78 is 15.5. The molecular weight excluding hydrogens is 350 g/mol. The lowest BCUT2D eigenvalue weighted by Crippen LogP contribution is -2.33. The van der Waals surface area contributed by atoms with Crippen molar-refractivity contribution in [3.8, 4) is 17.2 Å². The molecule has 0 radical (unpaired) electrons. The van der Waals surface area contributed by atoms with E-state index in [1.54, 1.807) is 56.7 Å². The van der Waals surface area contributed by atoms with Crippen molar-refractivity contribution < 1.29 is 28.9 Å². The molecule has 7 heteroatoms. The summed E-state index contributed by atoms with van der Waals surface area (Å²) in [6.45, 7) is 0. The van der Waals surface area contributed by atoms with E-state index in [1.165, 1.54) is 7.11 Å². The Hall–Kier alpha value is -3.22. The zero-order chi connectivity index (χ0) is 19.8. The number of aryl methyl sites for hydroxylation is 1. The van der Waals surface area contributed by atoms with Gasteiger partial charge in [-0.1, -0.05) is 12.1 Å².